The average molecular weight is 377 g/mol. The summed E-state index contributed by atoms with van der Waals surface area (Å²) in [7, 11) is 0. The highest BCUT2D eigenvalue weighted by Gasteiger charge is 2.19. The molecule has 1 aliphatic heterocycles. The van der Waals surface area contributed by atoms with Crippen molar-refractivity contribution in [2.24, 2.45) is 0 Å². The lowest BCUT2D eigenvalue weighted by molar-refractivity contribution is -0.126. The molecule has 1 saturated heterocycles. The first-order valence-electron chi connectivity index (χ1n) is 9.37. The van der Waals surface area contributed by atoms with Gasteiger partial charge in [-0.1, -0.05) is 24.3 Å². The minimum Gasteiger partial charge on any atom is -0.367 e. The van der Waals surface area contributed by atoms with Gasteiger partial charge in [0.1, 0.15) is 6.61 Å². The third-order valence-electron chi connectivity index (χ3n) is 4.64. The van der Waals surface area contributed by atoms with E-state index in [1.807, 2.05) is 29.2 Å². The number of hydrogen-bond acceptors (Lipinski definition) is 4. The van der Waals surface area contributed by atoms with Gasteiger partial charge < -0.3 is 15.0 Å². The fourth-order valence-electron chi connectivity index (χ4n) is 3.11. The molecule has 0 atom stereocenters. The van der Waals surface area contributed by atoms with E-state index >= 15 is 0 Å². The molecule has 1 heterocycles. The van der Waals surface area contributed by atoms with Crippen molar-refractivity contribution in [3.8, 4) is 6.07 Å². The molecule has 0 saturated carbocycles. The minimum atomic E-state index is -0.218. The van der Waals surface area contributed by atoms with Crippen molar-refractivity contribution in [3.63, 3.8) is 0 Å². The first-order chi connectivity index (χ1) is 13.7. The number of nitriles is 1. The van der Waals surface area contributed by atoms with Crippen LogP contribution in [-0.2, 0) is 22.7 Å². The molecule has 1 aliphatic rings. The van der Waals surface area contributed by atoms with E-state index in [9.17, 15) is 9.59 Å². The molecule has 2 aromatic rings. The van der Waals surface area contributed by atoms with Gasteiger partial charge in [0.15, 0.2) is 0 Å². The molecule has 6 nitrogen and oxygen atoms in total. The fraction of sp³-hybridized carbons (Fsp3) is 0.318. The highest BCUT2D eigenvalue weighted by atomic mass is 16.5. The zero-order valence-corrected chi connectivity index (χ0v) is 15.7. The van der Waals surface area contributed by atoms with Crippen LogP contribution in [0.1, 0.15) is 39.9 Å². The van der Waals surface area contributed by atoms with Gasteiger partial charge in [-0.3, -0.25) is 9.59 Å². The molecule has 6 heteroatoms. The smallest absolute Gasteiger partial charge is 0.253 e. The third-order valence-corrected chi connectivity index (χ3v) is 4.64. The Hall–Kier alpha value is -3.17. The molecule has 0 radical (unpaired) electrons. The summed E-state index contributed by atoms with van der Waals surface area (Å²) in [5.41, 5.74) is 3.03. The molecule has 2 aromatic carbocycles. The summed E-state index contributed by atoms with van der Waals surface area (Å²) in [6, 6.07) is 16.5. The number of nitrogens with zero attached hydrogens (tertiary/aromatic N) is 2. The molecular formula is C22H23N3O3. The highest BCUT2D eigenvalue weighted by Crippen LogP contribution is 2.14. The maximum Gasteiger partial charge on any atom is 0.253 e. The Kier molecular flexibility index (Phi) is 6.77. The molecule has 1 fully saturated rings. The minimum absolute atomic E-state index is 0.0492. The van der Waals surface area contributed by atoms with Crippen LogP contribution in [0.5, 0.6) is 0 Å². The van der Waals surface area contributed by atoms with E-state index in [2.05, 4.69) is 11.4 Å². The van der Waals surface area contributed by atoms with Crippen LogP contribution >= 0.6 is 0 Å². The molecule has 0 bridgehead atoms. The summed E-state index contributed by atoms with van der Waals surface area (Å²) in [6.45, 7) is 2.23. The average Bonchev–Trinajstić information content (AvgIpc) is 3.27. The van der Waals surface area contributed by atoms with E-state index in [0.717, 1.165) is 37.1 Å². The SMILES string of the molecule is N#Cc1ccc(COCC(=O)NCc2cccc(C(=O)N3CCCC3)c2)cc1. The standard InChI is InChI=1S/C22H23N3O3/c23-13-17-6-8-18(9-7-17)15-28-16-21(26)24-14-19-4-3-5-20(12-19)22(27)25-10-1-2-11-25/h3-9,12H,1-2,10-11,14-16H2,(H,24,26). The number of hydrogen-bond donors (Lipinski definition) is 1. The van der Waals surface area contributed by atoms with Crippen LogP contribution in [0.4, 0.5) is 0 Å². The number of carbonyl (C=O) groups excluding carboxylic acids is 2. The van der Waals surface area contributed by atoms with Gasteiger partial charge in [-0.15, -0.1) is 0 Å². The fourth-order valence-corrected chi connectivity index (χ4v) is 3.11. The highest BCUT2D eigenvalue weighted by molar-refractivity contribution is 5.94. The van der Waals surface area contributed by atoms with Crippen molar-refractivity contribution in [2.45, 2.75) is 26.0 Å². The molecule has 144 valence electrons. The van der Waals surface area contributed by atoms with Gasteiger partial charge >= 0.3 is 0 Å². The molecule has 3 rings (SSSR count). The lowest BCUT2D eigenvalue weighted by atomic mass is 10.1. The zero-order valence-electron chi connectivity index (χ0n) is 15.7. The number of carbonyl (C=O) groups is 2. The van der Waals surface area contributed by atoms with Crippen molar-refractivity contribution in [1.29, 1.82) is 5.26 Å². The van der Waals surface area contributed by atoms with Gasteiger partial charge in [0.2, 0.25) is 5.91 Å². The molecule has 0 aromatic heterocycles. The summed E-state index contributed by atoms with van der Waals surface area (Å²) in [6.07, 6.45) is 2.12. The summed E-state index contributed by atoms with van der Waals surface area (Å²) in [4.78, 5) is 26.3. The number of amides is 2. The van der Waals surface area contributed by atoms with E-state index in [-0.39, 0.29) is 18.4 Å². The number of ether oxygens (including phenoxy) is 1. The Morgan fingerprint density at radius 1 is 1.07 bits per heavy atom. The van der Waals surface area contributed by atoms with E-state index in [4.69, 9.17) is 10.00 Å². The van der Waals surface area contributed by atoms with Gasteiger partial charge in [0.05, 0.1) is 18.2 Å². The monoisotopic (exact) mass is 377 g/mol. The second-order valence-corrected chi connectivity index (χ2v) is 6.78. The molecule has 2 amide bonds. The van der Waals surface area contributed by atoms with E-state index in [1.54, 1.807) is 24.3 Å². The number of nitrogens with one attached hydrogen (secondary N) is 1. The van der Waals surface area contributed by atoms with Crippen molar-refractivity contribution >= 4 is 11.8 Å². The van der Waals surface area contributed by atoms with Crippen LogP contribution in [0, 0.1) is 11.3 Å². The summed E-state index contributed by atoms with van der Waals surface area (Å²) < 4.78 is 5.42. The van der Waals surface area contributed by atoms with Crippen LogP contribution in [0.25, 0.3) is 0 Å². The zero-order chi connectivity index (χ0) is 19.8. The lowest BCUT2D eigenvalue weighted by Crippen LogP contribution is -2.28. The normalized spacial score (nSPS) is 13.2. The van der Waals surface area contributed by atoms with Gasteiger partial charge in [-0.2, -0.15) is 5.26 Å². The Balaban J connectivity index is 1.43. The first-order valence-corrected chi connectivity index (χ1v) is 9.37. The number of benzene rings is 2. The van der Waals surface area contributed by atoms with Gasteiger partial charge in [-0.25, -0.2) is 0 Å². The molecular weight excluding hydrogens is 354 g/mol. The second kappa shape index (κ2) is 9.67. The predicted octanol–water partition coefficient (Wildman–Crippen LogP) is 2.63. The summed E-state index contributed by atoms with van der Waals surface area (Å²) in [5.74, 6) is -0.165. The maximum absolute atomic E-state index is 12.5. The topological polar surface area (TPSA) is 82.4 Å². The summed E-state index contributed by atoms with van der Waals surface area (Å²) >= 11 is 0. The van der Waals surface area contributed by atoms with Crippen LogP contribution < -0.4 is 5.32 Å². The van der Waals surface area contributed by atoms with Gasteiger partial charge in [0.25, 0.3) is 5.91 Å². The Morgan fingerprint density at radius 2 is 1.82 bits per heavy atom. The second-order valence-electron chi connectivity index (χ2n) is 6.78. The van der Waals surface area contributed by atoms with Gasteiger partial charge in [0, 0.05) is 25.2 Å². The Labute approximate surface area is 164 Å². The molecule has 0 unspecified atom stereocenters. The summed E-state index contributed by atoms with van der Waals surface area (Å²) in [5, 5.41) is 11.6. The molecule has 1 N–H and O–H groups in total. The van der Waals surface area contributed by atoms with E-state index in [1.165, 1.54) is 0 Å². The lowest BCUT2D eigenvalue weighted by Gasteiger charge is -2.15. The van der Waals surface area contributed by atoms with Crippen LogP contribution in [0.15, 0.2) is 48.5 Å². The van der Waals surface area contributed by atoms with E-state index < -0.39 is 0 Å². The van der Waals surface area contributed by atoms with Crippen molar-refractivity contribution in [2.75, 3.05) is 19.7 Å². The Morgan fingerprint density at radius 3 is 2.54 bits per heavy atom. The number of rotatable bonds is 7. The Bertz CT molecular complexity index is 865. The molecule has 0 aliphatic carbocycles. The predicted molar refractivity (Wildman–Crippen MR) is 104 cm³/mol. The first kappa shape index (κ1) is 19.6. The van der Waals surface area contributed by atoms with E-state index in [0.29, 0.717) is 24.3 Å². The number of likely N-dealkylation sites (tertiary alicyclic amines) is 1. The van der Waals surface area contributed by atoms with Crippen LogP contribution in [-0.4, -0.2) is 36.4 Å². The van der Waals surface area contributed by atoms with Crippen molar-refractivity contribution in [3.05, 3.63) is 70.8 Å². The van der Waals surface area contributed by atoms with Crippen LogP contribution in [0.2, 0.25) is 0 Å². The van der Waals surface area contributed by atoms with Gasteiger partial charge in [-0.05, 0) is 48.2 Å². The van der Waals surface area contributed by atoms with Crippen molar-refractivity contribution < 1.29 is 14.3 Å². The molecule has 28 heavy (non-hydrogen) atoms. The molecule has 0 spiro atoms. The third kappa shape index (κ3) is 5.41. The maximum atomic E-state index is 12.5. The largest absolute Gasteiger partial charge is 0.367 e. The van der Waals surface area contributed by atoms with Crippen LogP contribution in [0.3, 0.4) is 0 Å². The van der Waals surface area contributed by atoms with Crippen molar-refractivity contribution in [1.82, 2.24) is 10.2 Å². The quantitative estimate of drug-likeness (QED) is 0.804.